The van der Waals surface area contributed by atoms with Crippen molar-refractivity contribution in [1.29, 1.82) is 0 Å². The Morgan fingerprint density at radius 3 is 2.17 bits per heavy atom. The highest BCUT2D eigenvalue weighted by molar-refractivity contribution is 9.10. The highest BCUT2D eigenvalue weighted by atomic mass is 79.9. The zero-order chi connectivity index (χ0) is 13.6. The average Bonchev–Trinajstić information content (AvgIpc) is 2.42. The molecule has 0 aliphatic carbocycles. The zero-order valence-corrected chi connectivity index (χ0v) is 12.5. The molecule has 1 amide bonds. The predicted octanol–water partition coefficient (Wildman–Crippen LogP) is 3.01. The summed E-state index contributed by atoms with van der Waals surface area (Å²) in [5.74, 6) is -0.252. The quantitative estimate of drug-likeness (QED) is 0.912. The van der Waals surface area contributed by atoms with Gasteiger partial charge in [-0.3, -0.25) is 4.79 Å². The summed E-state index contributed by atoms with van der Waals surface area (Å²) in [5.41, 5.74) is 6.02. The number of hydrogen-bond acceptors (Lipinski definition) is 2. The summed E-state index contributed by atoms with van der Waals surface area (Å²) >= 11 is 3.38. The van der Waals surface area contributed by atoms with Gasteiger partial charge in [0, 0.05) is 17.7 Å². The maximum Gasteiger partial charge on any atom is 0.228 e. The molecule has 0 bridgehead atoms. The first-order valence-corrected chi connectivity index (χ1v) is 7.08. The molecule has 1 aliphatic rings. The van der Waals surface area contributed by atoms with E-state index in [2.05, 4.69) is 15.9 Å². The number of halogens is 1. The lowest BCUT2D eigenvalue weighted by Crippen LogP contribution is -2.45. The van der Waals surface area contributed by atoms with Crippen LogP contribution < -0.4 is 5.73 Å². The minimum absolute atomic E-state index is 0.252. The van der Waals surface area contributed by atoms with Crippen LogP contribution in [0.15, 0.2) is 28.7 Å². The molecule has 0 atom stereocenters. The molecule has 2 N–H and O–H groups in total. The summed E-state index contributed by atoms with van der Waals surface area (Å²) in [6.07, 6.45) is 1.34. The molecule has 0 radical (unpaired) electrons. The number of rotatable bonds is 2. The van der Waals surface area contributed by atoms with E-state index >= 15 is 0 Å². The lowest BCUT2D eigenvalue weighted by molar-refractivity contribution is -0.127. The number of hydrogen-bond donors (Lipinski definition) is 1. The minimum atomic E-state index is -0.543. The Morgan fingerprint density at radius 1 is 1.22 bits per heavy atom. The predicted molar refractivity (Wildman–Crippen MR) is 76.4 cm³/mol. The van der Waals surface area contributed by atoms with E-state index in [0.717, 1.165) is 10.0 Å². The van der Waals surface area contributed by atoms with Crippen LogP contribution in [0.4, 0.5) is 0 Å². The van der Waals surface area contributed by atoms with Crippen LogP contribution >= 0.6 is 15.9 Å². The van der Waals surface area contributed by atoms with Gasteiger partial charge in [0.15, 0.2) is 0 Å². The molecule has 100 valence electrons. The number of amides is 1. The lowest BCUT2D eigenvalue weighted by Gasteiger charge is -2.34. The third-order valence-corrected chi connectivity index (χ3v) is 3.74. The van der Waals surface area contributed by atoms with Gasteiger partial charge in [-0.15, -0.1) is 0 Å². The first-order chi connectivity index (χ1) is 8.65. The van der Waals surface area contributed by atoms with E-state index in [-0.39, 0.29) is 5.91 Å². The number of carbonyl (C=O) groups excluding carboxylic acids is 1. The van der Waals surface area contributed by atoms with Gasteiger partial charge in [-0.1, -0.05) is 41.9 Å². The number of ether oxygens (including phenoxy) is 1. The number of nitrogens with two attached hydrogens (primary N) is 1. The van der Waals surface area contributed by atoms with Crippen molar-refractivity contribution in [2.45, 2.75) is 32.1 Å². The summed E-state index contributed by atoms with van der Waals surface area (Å²) < 4.78 is 6.31. The monoisotopic (exact) mass is 313 g/mol. The summed E-state index contributed by atoms with van der Waals surface area (Å²) in [5, 5.41) is 0. The highest BCUT2D eigenvalue weighted by Crippen LogP contribution is 2.35. The van der Waals surface area contributed by atoms with Crippen molar-refractivity contribution >= 4 is 21.8 Å². The molecule has 0 unspecified atom stereocenters. The van der Waals surface area contributed by atoms with Gasteiger partial charge in [0.1, 0.15) is 0 Å². The molecule has 18 heavy (non-hydrogen) atoms. The number of benzene rings is 1. The molecule has 1 aliphatic heterocycles. The van der Waals surface area contributed by atoms with Crippen LogP contribution in [-0.4, -0.2) is 19.1 Å². The van der Waals surface area contributed by atoms with Crippen LogP contribution in [0.2, 0.25) is 0 Å². The van der Waals surface area contributed by atoms with Gasteiger partial charge in [0.25, 0.3) is 0 Å². The smallest absolute Gasteiger partial charge is 0.228 e. The van der Waals surface area contributed by atoms with Gasteiger partial charge in [0.05, 0.1) is 5.41 Å². The van der Waals surface area contributed by atoms with Crippen LogP contribution in [0.3, 0.4) is 0 Å². The van der Waals surface area contributed by atoms with Gasteiger partial charge in [-0.25, -0.2) is 0 Å². The highest BCUT2D eigenvalue weighted by Gasteiger charge is 2.39. The van der Waals surface area contributed by atoms with E-state index in [1.807, 2.05) is 38.1 Å². The molecule has 3 nitrogen and oxygen atoms in total. The van der Waals surface area contributed by atoms with E-state index in [1.54, 1.807) is 0 Å². The van der Waals surface area contributed by atoms with Crippen LogP contribution in [0, 0.1) is 0 Å². The van der Waals surface area contributed by atoms with E-state index < -0.39 is 5.41 Å². The third kappa shape index (κ3) is 3.12. The average molecular weight is 314 g/mol. The molecule has 0 spiro atoms. The molecule has 0 aromatic heterocycles. The van der Waals surface area contributed by atoms with E-state index in [9.17, 15) is 4.79 Å². The van der Waals surface area contributed by atoms with Crippen molar-refractivity contribution in [3.05, 3.63) is 34.3 Å². The number of primary amides is 1. The van der Waals surface area contributed by atoms with Gasteiger partial charge < -0.3 is 10.5 Å². The standard InChI is InChI=1S/C12H14BrNO2.C2H6/c13-10-3-1-9(2-4-10)12(11(14)15)5-7-16-8-6-12;1-2/h1-4H,5-8H2,(H2,14,15);1-2H3. The Bertz CT molecular complexity index is 383. The van der Waals surface area contributed by atoms with Crippen LogP contribution in [0.5, 0.6) is 0 Å². The molecule has 1 fully saturated rings. The largest absolute Gasteiger partial charge is 0.381 e. The van der Waals surface area contributed by atoms with Gasteiger partial charge in [-0.05, 0) is 30.5 Å². The molecular weight excluding hydrogens is 294 g/mol. The van der Waals surface area contributed by atoms with Crippen molar-refractivity contribution in [2.24, 2.45) is 5.73 Å². The van der Waals surface area contributed by atoms with Crippen molar-refractivity contribution < 1.29 is 9.53 Å². The van der Waals surface area contributed by atoms with Gasteiger partial charge in [0.2, 0.25) is 5.91 Å². The van der Waals surface area contributed by atoms with Crippen LogP contribution in [-0.2, 0) is 14.9 Å². The molecule has 1 aromatic carbocycles. The molecule has 0 saturated carbocycles. The number of carbonyl (C=O) groups is 1. The maximum atomic E-state index is 11.7. The Labute approximate surface area is 117 Å². The summed E-state index contributed by atoms with van der Waals surface area (Å²) in [7, 11) is 0. The molecule has 2 rings (SSSR count). The van der Waals surface area contributed by atoms with Crippen molar-refractivity contribution in [1.82, 2.24) is 0 Å². The second kappa shape index (κ2) is 6.90. The van der Waals surface area contributed by atoms with Crippen LogP contribution in [0.25, 0.3) is 0 Å². The van der Waals surface area contributed by atoms with E-state index in [1.165, 1.54) is 0 Å². The molecule has 1 heterocycles. The third-order valence-electron chi connectivity index (χ3n) is 3.21. The molecular formula is C14H20BrNO2. The second-order valence-electron chi connectivity index (χ2n) is 4.07. The van der Waals surface area contributed by atoms with Crippen molar-refractivity contribution in [3.8, 4) is 0 Å². The van der Waals surface area contributed by atoms with Crippen molar-refractivity contribution in [3.63, 3.8) is 0 Å². The normalized spacial score (nSPS) is 17.5. The molecule has 1 saturated heterocycles. The fourth-order valence-corrected chi connectivity index (χ4v) is 2.43. The van der Waals surface area contributed by atoms with Gasteiger partial charge in [-0.2, -0.15) is 0 Å². The molecule has 1 aromatic rings. The summed E-state index contributed by atoms with van der Waals surface area (Å²) in [6.45, 7) is 5.19. The Hall–Kier alpha value is -0.870. The summed E-state index contributed by atoms with van der Waals surface area (Å²) in [4.78, 5) is 11.7. The Kier molecular flexibility index (Phi) is 5.82. The summed E-state index contributed by atoms with van der Waals surface area (Å²) in [6, 6.07) is 7.80. The van der Waals surface area contributed by atoms with E-state index in [0.29, 0.717) is 26.1 Å². The van der Waals surface area contributed by atoms with Crippen molar-refractivity contribution in [2.75, 3.05) is 13.2 Å². The second-order valence-corrected chi connectivity index (χ2v) is 4.98. The fourth-order valence-electron chi connectivity index (χ4n) is 2.17. The minimum Gasteiger partial charge on any atom is -0.381 e. The van der Waals surface area contributed by atoms with E-state index in [4.69, 9.17) is 10.5 Å². The first kappa shape index (κ1) is 15.2. The first-order valence-electron chi connectivity index (χ1n) is 6.29. The maximum absolute atomic E-state index is 11.7. The topological polar surface area (TPSA) is 52.3 Å². The Morgan fingerprint density at radius 2 is 1.72 bits per heavy atom. The van der Waals surface area contributed by atoms with Gasteiger partial charge >= 0.3 is 0 Å². The van der Waals surface area contributed by atoms with Crippen LogP contribution in [0.1, 0.15) is 32.3 Å². The molecule has 4 heteroatoms. The zero-order valence-electron chi connectivity index (χ0n) is 10.9. The fraction of sp³-hybridized carbons (Fsp3) is 0.500. The SMILES string of the molecule is CC.NC(=O)C1(c2ccc(Br)cc2)CCOCC1. The lowest BCUT2D eigenvalue weighted by atomic mass is 9.73. The Balaban J connectivity index is 0.000000771.